The molecule has 18 heavy (non-hydrogen) atoms. The molecule has 0 amide bonds. The van der Waals surface area contributed by atoms with Gasteiger partial charge in [0.05, 0.1) is 12.0 Å². The number of aromatic nitrogens is 1. The Kier molecular flexibility index (Phi) is 3.42. The molecule has 3 heteroatoms. The Hall–Kier alpha value is -1.61. The van der Waals surface area contributed by atoms with Gasteiger partial charge in [0.1, 0.15) is 5.76 Å². The summed E-state index contributed by atoms with van der Waals surface area (Å²) in [6, 6.07) is 8.60. The summed E-state index contributed by atoms with van der Waals surface area (Å²) in [7, 11) is 0. The van der Waals surface area contributed by atoms with Gasteiger partial charge >= 0.3 is 0 Å². The van der Waals surface area contributed by atoms with Crippen LogP contribution in [0.5, 0.6) is 0 Å². The number of hydrogen-bond acceptors (Lipinski definition) is 3. The molecule has 3 nitrogen and oxygen atoms in total. The van der Waals surface area contributed by atoms with Crippen molar-refractivity contribution >= 4 is 0 Å². The highest BCUT2D eigenvalue weighted by Gasteiger charge is 2.20. The van der Waals surface area contributed by atoms with Crippen LogP contribution in [0.15, 0.2) is 41.1 Å². The fourth-order valence-electron chi connectivity index (χ4n) is 2.63. The van der Waals surface area contributed by atoms with E-state index in [1.54, 1.807) is 6.26 Å². The van der Waals surface area contributed by atoms with Crippen LogP contribution in [0, 0.1) is 0 Å². The van der Waals surface area contributed by atoms with Crippen molar-refractivity contribution < 1.29 is 4.42 Å². The Balaban J connectivity index is 1.60. The molecule has 1 aliphatic carbocycles. The maximum Gasteiger partial charge on any atom is 0.105 e. The maximum absolute atomic E-state index is 5.34. The van der Waals surface area contributed by atoms with E-state index in [9.17, 15) is 0 Å². The van der Waals surface area contributed by atoms with Crippen LogP contribution in [0.2, 0.25) is 0 Å². The minimum Gasteiger partial charge on any atom is -0.469 e. The number of fused-ring (bicyclic) bond motifs is 1. The molecule has 1 N–H and O–H groups in total. The van der Waals surface area contributed by atoms with Crippen molar-refractivity contribution in [1.29, 1.82) is 0 Å². The molecule has 0 saturated carbocycles. The maximum atomic E-state index is 5.34. The van der Waals surface area contributed by atoms with E-state index >= 15 is 0 Å². The summed E-state index contributed by atoms with van der Waals surface area (Å²) in [5.74, 6) is 1.04. The summed E-state index contributed by atoms with van der Waals surface area (Å²) in [6.07, 6.45) is 8.16. The number of rotatable bonds is 4. The second-order valence-electron chi connectivity index (χ2n) is 4.78. The van der Waals surface area contributed by atoms with Gasteiger partial charge in [-0.1, -0.05) is 6.07 Å². The highest BCUT2D eigenvalue weighted by Crippen LogP contribution is 2.27. The number of aryl methyl sites for hydroxylation is 1. The molecule has 2 aromatic rings. The van der Waals surface area contributed by atoms with Crippen LogP contribution in [0.4, 0.5) is 0 Å². The molecule has 2 aromatic heterocycles. The summed E-state index contributed by atoms with van der Waals surface area (Å²) in [5, 5.41) is 3.59. The molecule has 0 saturated heterocycles. The van der Waals surface area contributed by atoms with E-state index in [1.807, 2.05) is 24.4 Å². The quantitative estimate of drug-likeness (QED) is 0.896. The van der Waals surface area contributed by atoms with E-state index in [-0.39, 0.29) is 0 Å². The smallest absolute Gasteiger partial charge is 0.105 e. The van der Waals surface area contributed by atoms with Crippen molar-refractivity contribution in [3.05, 3.63) is 53.7 Å². The second-order valence-corrected chi connectivity index (χ2v) is 4.78. The SMILES string of the molecule is c1coc(CCNC2CCCc3cccnc32)c1. The van der Waals surface area contributed by atoms with Gasteiger partial charge in [-0.15, -0.1) is 0 Å². The average Bonchev–Trinajstić information content (AvgIpc) is 2.92. The van der Waals surface area contributed by atoms with Gasteiger partial charge in [0.2, 0.25) is 0 Å². The van der Waals surface area contributed by atoms with Crippen LogP contribution in [0.3, 0.4) is 0 Å². The molecule has 0 fully saturated rings. The topological polar surface area (TPSA) is 38.1 Å². The van der Waals surface area contributed by atoms with Gasteiger partial charge in [0.25, 0.3) is 0 Å². The zero-order chi connectivity index (χ0) is 12.2. The third-order valence-corrected chi connectivity index (χ3v) is 3.54. The normalized spacial score (nSPS) is 18.6. The Labute approximate surface area is 107 Å². The summed E-state index contributed by atoms with van der Waals surface area (Å²) in [5.41, 5.74) is 2.64. The van der Waals surface area contributed by atoms with Crippen LogP contribution in [0.1, 0.15) is 35.9 Å². The molecule has 0 aromatic carbocycles. The third-order valence-electron chi connectivity index (χ3n) is 3.54. The van der Waals surface area contributed by atoms with Crippen molar-refractivity contribution in [3.63, 3.8) is 0 Å². The lowest BCUT2D eigenvalue weighted by Gasteiger charge is -2.25. The average molecular weight is 242 g/mol. The van der Waals surface area contributed by atoms with Crippen LogP contribution in [-0.2, 0) is 12.8 Å². The molecular formula is C15H18N2O. The molecule has 1 aliphatic rings. The summed E-state index contributed by atoms with van der Waals surface area (Å²) in [6.45, 7) is 0.939. The van der Waals surface area contributed by atoms with Crippen molar-refractivity contribution in [3.8, 4) is 0 Å². The Bertz CT molecular complexity index is 493. The summed E-state index contributed by atoms with van der Waals surface area (Å²) < 4.78 is 5.34. The fourth-order valence-corrected chi connectivity index (χ4v) is 2.63. The molecule has 1 unspecified atom stereocenters. The second kappa shape index (κ2) is 5.36. The van der Waals surface area contributed by atoms with Gasteiger partial charge in [-0.2, -0.15) is 0 Å². The molecular weight excluding hydrogens is 224 g/mol. The first-order chi connectivity index (χ1) is 8.93. The van der Waals surface area contributed by atoms with Crippen molar-refractivity contribution in [1.82, 2.24) is 10.3 Å². The first-order valence-electron chi connectivity index (χ1n) is 6.63. The van der Waals surface area contributed by atoms with Crippen LogP contribution >= 0.6 is 0 Å². The van der Waals surface area contributed by atoms with Gasteiger partial charge in [0, 0.05) is 25.2 Å². The van der Waals surface area contributed by atoms with Gasteiger partial charge < -0.3 is 9.73 Å². The predicted octanol–water partition coefficient (Wildman–Crippen LogP) is 2.88. The molecule has 94 valence electrons. The van der Waals surface area contributed by atoms with Crippen LogP contribution < -0.4 is 5.32 Å². The molecule has 0 bridgehead atoms. The lowest BCUT2D eigenvalue weighted by atomic mass is 9.92. The number of hydrogen-bond donors (Lipinski definition) is 1. The number of furan rings is 1. The van der Waals surface area contributed by atoms with Gasteiger partial charge in [-0.25, -0.2) is 0 Å². The Morgan fingerprint density at radius 3 is 3.22 bits per heavy atom. The van der Waals surface area contributed by atoms with Gasteiger partial charge in [0.15, 0.2) is 0 Å². The van der Waals surface area contributed by atoms with Crippen molar-refractivity contribution in [2.75, 3.05) is 6.54 Å². The number of nitrogens with one attached hydrogen (secondary N) is 1. The van der Waals surface area contributed by atoms with Gasteiger partial charge in [-0.3, -0.25) is 4.98 Å². The van der Waals surface area contributed by atoms with Gasteiger partial charge in [-0.05, 0) is 43.0 Å². The Morgan fingerprint density at radius 2 is 2.33 bits per heavy atom. The largest absolute Gasteiger partial charge is 0.469 e. The van der Waals surface area contributed by atoms with Crippen molar-refractivity contribution in [2.24, 2.45) is 0 Å². The minimum atomic E-state index is 0.407. The number of nitrogens with zero attached hydrogens (tertiary/aromatic N) is 1. The third kappa shape index (κ3) is 2.46. The van der Waals surface area contributed by atoms with Crippen LogP contribution in [-0.4, -0.2) is 11.5 Å². The van der Waals surface area contributed by atoms with Crippen LogP contribution in [0.25, 0.3) is 0 Å². The first kappa shape index (κ1) is 11.5. The lowest BCUT2D eigenvalue weighted by molar-refractivity contribution is 0.434. The van der Waals surface area contributed by atoms with E-state index in [4.69, 9.17) is 4.42 Å². The lowest BCUT2D eigenvalue weighted by Crippen LogP contribution is -2.27. The highest BCUT2D eigenvalue weighted by molar-refractivity contribution is 5.25. The molecule has 0 aliphatic heterocycles. The molecule has 0 spiro atoms. The molecule has 1 atom stereocenters. The molecule has 3 rings (SSSR count). The molecule has 2 heterocycles. The number of pyridine rings is 1. The van der Waals surface area contributed by atoms with E-state index in [2.05, 4.69) is 16.4 Å². The summed E-state index contributed by atoms with van der Waals surface area (Å²) >= 11 is 0. The van der Waals surface area contributed by atoms with E-state index in [0.29, 0.717) is 6.04 Å². The highest BCUT2D eigenvalue weighted by atomic mass is 16.3. The van der Waals surface area contributed by atoms with Crippen molar-refractivity contribution in [2.45, 2.75) is 31.7 Å². The standard InChI is InChI=1S/C15H18N2O/c1-4-12-5-2-9-17-15(12)14(7-1)16-10-8-13-6-3-11-18-13/h2-3,5-6,9,11,14,16H,1,4,7-8,10H2. The monoisotopic (exact) mass is 242 g/mol. The Morgan fingerprint density at radius 1 is 1.33 bits per heavy atom. The summed E-state index contributed by atoms with van der Waals surface area (Å²) in [4.78, 5) is 4.53. The first-order valence-corrected chi connectivity index (χ1v) is 6.63. The minimum absolute atomic E-state index is 0.407. The van der Waals surface area contributed by atoms with E-state index in [0.717, 1.165) is 18.7 Å². The fraction of sp³-hybridized carbons (Fsp3) is 0.400. The van der Waals surface area contributed by atoms with E-state index < -0.39 is 0 Å². The molecule has 0 radical (unpaired) electrons. The zero-order valence-corrected chi connectivity index (χ0v) is 10.4. The predicted molar refractivity (Wildman–Crippen MR) is 70.3 cm³/mol. The van der Waals surface area contributed by atoms with E-state index in [1.165, 1.54) is 30.5 Å². The zero-order valence-electron chi connectivity index (χ0n) is 10.4.